The highest BCUT2D eigenvalue weighted by molar-refractivity contribution is 6.00. The Morgan fingerprint density at radius 3 is 2.56 bits per heavy atom. The average molecular weight is 250 g/mol. The first-order chi connectivity index (χ1) is 8.38. The molecule has 4 heteroatoms. The molecule has 1 aromatic carbocycles. The maximum Gasteiger partial charge on any atom is 0.253 e. The van der Waals surface area contributed by atoms with Crippen LogP contribution in [0.1, 0.15) is 38.1 Å². The summed E-state index contributed by atoms with van der Waals surface area (Å²) >= 11 is 0. The lowest BCUT2D eigenvalue weighted by atomic mass is 9.98. The standard InChI is InChI=1S/C14H22N2O2/c1-5-15-12-9-7-6-8-11(12)13(18)16-14(3,4)10(2)17/h6-10,15,17H,5H2,1-4H3,(H,16,18). The van der Waals surface area contributed by atoms with E-state index in [1.807, 2.05) is 25.1 Å². The molecule has 3 N–H and O–H groups in total. The number of aliphatic hydroxyl groups excluding tert-OH is 1. The largest absolute Gasteiger partial charge is 0.391 e. The predicted octanol–water partition coefficient (Wildman–Crippen LogP) is 2.01. The minimum absolute atomic E-state index is 0.183. The Kier molecular flexibility index (Phi) is 4.73. The summed E-state index contributed by atoms with van der Waals surface area (Å²) < 4.78 is 0. The molecular weight excluding hydrogens is 228 g/mol. The van der Waals surface area contributed by atoms with Gasteiger partial charge in [-0.3, -0.25) is 4.79 Å². The van der Waals surface area contributed by atoms with Crippen molar-refractivity contribution in [3.8, 4) is 0 Å². The molecule has 4 nitrogen and oxygen atoms in total. The Morgan fingerprint density at radius 1 is 1.39 bits per heavy atom. The third-order valence-electron chi connectivity index (χ3n) is 3.02. The highest BCUT2D eigenvalue weighted by Crippen LogP contribution is 2.17. The van der Waals surface area contributed by atoms with Crippen LogP contribution in [0.2, 0.25) is 0 Å². The van der Waals surface area contributed by atoms with Crippen LogP contribution in [-0.4, -0.2) is 29.2 Å². The lowest BCUT2D eigenvalue weighted by molar-refractivity contribution is 0.0710. The minimum Gasteiger partial charge on any atom is -0.391 e. The van der Waals surface area contributed by atoms with Crippen LogP contribution in [0.15, 0.2) is 24.3 Å². The third-order valence-corrected chi connectivity index (χ3v) is 3.02. The second-order valence-electron chi connectivity index (χ2n) is 4.93. The Balaban J connectivity index is 2.91. The Bertz CT molecular complexity index is 414. The zero-order valence-electron chi connectivity index (χ0n) is 11.4. The molecule has 0 aromatic heterocycles. The summed E-state index contributed by atoms with van der Waals surface area (Å²) in [4.78, 5) is 12.2. The van der Waals surface area contributed by atoms with Crippen molar-refractivity contribution < 1.29 is 9.90 Å². The van der Waals surface area contributed by atoms with Gasteiger partial charge in [-0.25, -0.2) is 0 Å². The lowest BCUT2D eigenvalue weighted by Crippen LogP contribution is -2.51. The normalized spacial score (nSPS) is 12.9. The molecule has 0 heterocycles. The van der Waals surface area contributed by atoms with Gasteiger partial charge in [0, 0.05) is 12.2 Å². The van der Waals surface area contributed by atoms with Crippen molar-refractivity contribution in [2.24, 2.45) is 0 Å². The predicted molar refractivity (Wildman–Crippen MR) is 73.8 cm³/mol. The maximum atomic E-state index is 12.2. The van der Waals surface area contributed by atoms with E-state index in [1.165, 1.54) is 0 Å². The summed E-state index contributed by atoms with van der Waals surface area (Å²) in [7, 11) is 0. The lowest BCUT2D eigenvalue weighted by Gasteiger charge is -2.29. The maximum absolute atomic E-state index is 12.2. The van der Waals surface area contributed by atoms with E-state index in [9.17, 15) is 9.90 Å². The molecule has 1 aromatic rings. The second-order valence-corrected chi connectivity index (χ2v) is 4.93. The van der Waals surface area contributed by atoms with Crippen molar-refractivity contribution in [1.29, 1.82) is 0 Å². The van der Waals surface area contributed by atoms with Crippen LogP contribution in [0, 0.1) is 0 Å². The average Bonchev–Trinajstić information content (AvgIpc) is 2.29. The molecule has 1 rings (SSSR count). The molecule has 0 aliphatic carbocycles. The van der Waals surface area contributed by atoms with Crippen LogP contribution in [0.5, 0.6) is 0 Å². The number of rotatable bonds is 5. The molecule has 100 valence electrons. The zero-order valence-corrected chi connectivity index (χ0v) is 11.4. The van der Waals surface area contributed by atoms with Gasteiger partial charge in [0.1, 0.15) is 0 Å². The number of amides is 1. The third kappa shape index (κ3) is 3.47. The molecule has 1 amide bonds. The van der Waals surface area contributed by atoms with E-state index in [0.29, 0.717) is 5.56 Å². The number of carbonyl (C=O) groups excluding carboxylic acids is 1. The summed E-state index contributed by atoms with van der Waals surface area (Å²) in [5.41, 5.74) is 0.739. The summed E-state index contributed by atoms with van der Waals surface area (Å²) in [5.74, 6) is -0.183. The van der Waals surface area contributed by atoms with Crippen molar-refractivity contribution in [3.63, 3.8) is 0 Å². The number of hydrogen-bond acceptors (Lipinski definition) is 3. The van der Waals surface area contributed by atoms with Gasteiger partial charge in [-0.1, -0.05) is 12.1 Å². The molecule has 0 spiro atoms. The number of benzene rings is 1. The van der Waals surface area contributed by atoms with Gasteiger partial charge in [-0.05, 0) is 39.8 Å². The van der Waals surface area contributed by atoms with Crippen molar-refractivity contribution in [1.82, 2.24) is 5.32 Å². The van der Waals surface area contributed by atoms with Gasteiger partial charge in [0.25, 0.3) is 5.91 Å². The van der Waals surface area contributed by atoms with Crippen LogP contribution in [-0.2, 0) is 0 Å². The van der Waals surface area contributed by atoms with Gasteiger partial charge in [0.15, 0.2) is 0 Å². The molecule has 0 saturated heterocycles. The molecular formula is C14H22N2O2. The van der Waals surface area contributed by atoms with Gasteiger partial charge < -0.3 is 15.7 Å². The van der Waals surface area contributed by atoms with E-state index >= 15 is 0 Å². The highest BCUT2D eigenvalue weighted by atomic mass is 16.3. The fourth-order valence-corrected chi connectivity index (χ4v) is 1.49. The minimum atomic E-state index is -0.656. The molecule has 1 unspecified atom stereocenters. The first-order valence-corrected chi connectivity index (χ1v) is 6.22. The second kappa shape index (κ2) is 5.87. The van der Waals surface area contributed by atoms with Crippen LogP contribution in [0.3, 0.4) is 0 Å². The van der Waals surface area contributed by atoms with Gasteiger partial charge in [0.2, 0.25) is 0 Å². The molecule has 0 fully saturated rings. The number of hydrogen-bond donors (Lipinski definition) is 3. The molecule has 0 aliphatic heterocycles. The van der Waals surface area contributed by atoms with Crippen molar-refractivity contribution in [2.75, 3.05) is 11.9 Å². The summed E-state index contributed by atoms with van der Waals surface area (Å²) in [6.45, 7) is 7.99. The Hall–Kier alpha value is -1.55. The molecule has 0 radical (unpaired) electrons. The summed E-state index contributed by atoms with van der Waals surface area (Å²) in [6.07, 6.45) is -0.618. The van der Waals surface area contributed by atoms with E-state index in [4.69, 9.17) is 0 Å². The fourth-order valence-electron chi connectivity index (χ4n) is 1.49. The smallest absolute Gasteiger partial charge is 0.253 e. The van der Waals surface area contributed by atoms with E-state index in [1.54, 1.807) is 26.8 Å². The van der Waals surface area contributed by atoms with Crippen molar-refractivity contribution in [3.05, 3.63) is 29.8 Å². The summed E-state index contributed by atoms with van der Waals surface area (Å²) in [5, 5.41) is 15.6. The van der Waals surface area contributed by atoms with E-state index < -0.39 is 11.6 Å². The van der Waals surface area contributed by atoms with Crippen LogP contribution in [0.4, 0.5) is 5.69 Å². The number of para-hydroxylation sites is 1. The Labute approximate surface area is 108 Å². The molecule has 0 aliphatic rings. The van der Waals surface area contributed by atoms with E-state index in [-0.39, 0.29) is 5.91 Å². The SMILES string of the molecule is CCNc1ccccc1C(=O)NC(C)(C)C(C)O. The zero-order chi connectivity index (χ0) is 13.8. The van der Waals surface area contributed by atoms with Gasteiger partial charge >= 0.3 is 0 Å². The monoisotopic (exact) mass is 250 g/mol. The van der Waals surface area contributed by atoms with Crippen molar-refractivity contribution in [2.45, 2.75) is 39.3 Å². The fraction of sp³-hybridized carbons (Fsp3) is 0.500. The quantitative estimate of drug-likeness (QED) is 0.749. The van der Waals surface area contributed by atoms with Crippen LogP contribution in [0.25, 0.3) is 0 Å². The van der Waals surface area contributed by atoms with E-state index in [0.717, 1.165) is 12.2 Å². The van der Waals surface area contributed by atoms with Crippen LogP contribution >= 0.6 is 0 Å². The first kappa shape index (κ1) is 14.5. The van der Waals surface area contributed by atoms with E-state index in [2.05, 4.69) is 10.6 Å². The molecule has 0 saturated carbocycles. The van der Waals surface area contributed by atoms with Gasteiger partial charge in [0.05, 0.1) is 17.2 Å². The van der Waals surface area contributed by atoms with Gasteiger partial charge in [-0.2, -0.15) is 0 Å². The van der Waals surface area contributed by atoms with Crippen LogP contribution < -0.4 is 10.6 Å². The number of anilines is 1. The highest BCUT2D eigenvalue weighted by Gasteiger charge is 2.27. The molecule has 18 heavy (non-hydrogen) atoms. The number of aliphatic hydroxyl groups is 1. The van der Waals surface area contributed by atoms with Gasteiger partial charge in [-0.15, -0.1) is 0 Å². The summed E-state index contributed by atoms with van der Waals surface area (Å²) in [6, 6.07) is 7.35. The topological polar surface area (TPSA) is 61.4 Å². The number of nitrogens with one attached hydrogen (secondary N) is 2. The molecule has 1 atom stereocenters. The first-order valence-electron chi connectivity index (χ1n) is 6.22. The Morgan fingerprint density at radius 2 is 2.00 bits per heavy atom. The van der Waals surface area contributed by atoms with Crippen molar-refractivity contribution >= 4 is 11.6 Å². The number of carbonyl (C=O) groups is 1. The molecule has 0 bridgehead atoms.